The maximum Gasteiger partial charge on any atom is 0.419 e. The summed E-state index contributed by atoms with van der Waals surface area (Å²) in [6.07, 6.45) is 7.06. The second-order valence-corrected chi connectivity index (χ2v) is 6.40. The number of allylic oxidation sites excluding steroid dienone is 10. The van der Waals surface area contributed by atoms with Crippen molar-refractivity contribution in [2.75, 3.05) is 0 Å². The van der Waals surface area contributed by atoms with Crippen LogP contribution in [0.1, 0.15) is 40.5 Å². The molecule has 1 aliphatic carbocycles. The summed E-state index contributed by atoms with van der Waals surface area (Å²) < 4.78 is 37.2. The third-order valence-electron chi connectivity index (χ3n) is 3.98. The fraction of sp³-hybridized carbons (Fsp3) is 0.421. The third-order valence-corrected chi connectivity index (χ3v) is 3.98. The van der Waals surface area contributed by atoms with Crippen molar-refractivity contribution in [3.8, 4) is 0 Å². The molecule has 0 amide bonds. The average Bonchev–Trinajstić information content (AvgIpc) is 2.40. The first-order valence-corrected chi connectivity index (χ1v) is 7.55. The molecule has 0 saturated carbocycles. The highest BCUT2D eigenvalue weighted by Crippen LogP contribution is 2.40. The molecule has 0 spiro atoms. The van der Waals surface area contributed by atoms with Crippen LogP contribution in [0.25, 0.3) is 0 Å². The molecule has 0 unspecified atom stereocenters. The zero-order valence-corrected chi connectivity index (χ0v) is 14.0. The predicted molar refractivity (Wildman–Crippen MR) is 88.0 cm³/mol. The minimum absolute atomic E-state index is 0.0974. The van der Waals surface area contributed by atoms with Gasteiger partial charge in [-0.2, -0.15) is 13.2 Å². The number of carbonyl (C=O) groups excluding carboxylic acids is 1. The van der Waals surface area contributed by atoms with Crippen LogP contribution < -0.4 is 0 Å². The van der Waals surface area contributed by atoms with Gasteiger partial charge in [-0.25, -0.2) is 0 Å². The maximum atomic E-state index is 12.4. The summed E-state index contributed by atoms with van der Waals surface area (Å²) in [6.45, 7) is 8.27. The summed E-state index contributed by atoms with van der Waals surface area (Å²) in [5, 5.41) is 0. The zero-order valence-electron chi connectivity index (χ0n) is 14.0. The smallest absolute Gasteiger partial charge is 0.298 e. The number of rotatable bonds is 4. The Kier molecular flexibility index (Phi) is 6.37. The van der Waals surface area contributed by atoms with Gasteiger partial charge in [0.05, 0.1) is 5.57 Å². The minimum Gasteiger partial charge on any atom is -0.298 e. The van der Waals surface area contributed by atoms with Crippen molar-refractivity contribution in [2.24, 2.45) is 5.41 Å². The minimum atomic E-state index is -4.61. The first-order valence-electron chi connectivity index (χ1n) is 7.55. The lowest BCUT2D eigenvalue weighted by Gasteiger charge is -2.32. The molecule has 0 fully saturated rings. The van der Waals surface area contributed by atoms with Gasteiger partial charge < -0.3 is 0 Å². The Morgan fingerprint density at radius 2 is 1.91 bits per heavy atom. The number of hydrogen-bond donors (Lipinski definition) is 0. The summed E-state index contributed by atoms with van der Waals surface area (Å²) in [7, 11) is 0. The molecule has 0 aromatic heterocycles. The lowest BCUT2D eigenvalue weighted by molar-refractivity contribution is -0.119. The molecule has 0 atom stereocenters. The van der Waals surface area contributed by atoms with Crippen molar-refractivity contribution in [3.63, 3.8) is 0 Å². The second-order valence-electron chi connectivity index (χ2n) is 6.40. The van der Waals surface area contributed by atoms with E-state index >= 15 is 0 Å². The van der Waals surface area contributed by atoms with E-state index in [4.69, 9.17) is 0 Å². The summed E-state index contributed by atoms with van der Waals surface area (Å²) >= 11 is 0. The summed E-state index contributed by atoms with van der Waals surface area (Å²) in [5.41, 5.74) is 2.22. The Balaban J connectivity index is 2.93. The average molecular weight is 324 g/mol. The van der Waals surface area contributed by atoms with Crippen LogP contribution in [0.5, 0.6) is 0 Å². The second kappa shape index (κ2) is 7.62. The van der Waals surface area contributed by atoms with Crippen LogP contribution in [0.4, 0.5) is 13.2 Å². The van der Waals surface area contributed by atoms with Crippen molar-refractivity contribution in [3.05, 3.63) is 58.7 Å². The van der Waals surface area contributed by atoms with Crippen LogP contribution in [0.15, 0.2) is 58.7 Å². The predicted octanol–water partition coefficient (Wildman–Crippen LogP) is 5.87. The molecule has 0 aliphatic heterocycles. The van der Waals surface area contributed by atoms with Crippen LogP contribution in [-0.4, -0.2) is 12.5 Å². The van der Waals surface area contributed by atoms with E-state index in [0.29, 0.717) is 0 Å². The largest absolute Gasteiger partial charge is 0.419 e. The molecule has 0 aromatic rings. The Labute approximate surface area is 136 Å². The van der Waals surface area contributed by atoms with Gasteiger partial charge in [-0.1, -0.05) is 55.4 Å². The van der Waals surface area contributed by atoms with E-state index in [0.717, 1.165) is 24.5 Å². The molecular weight excluding hydrogens is 301 g/mol. The molecular formula is C19H23F3O. The summed E-state index contributed by atoms with van der Waals surface area (Å²) in [4.78, 5) is 10.4. The topological polar surface area (TPSA) is 17.1 Å². The van der Waals surface area contributed by atoms with E-state index in [2.05, 4.69) is 26.8 Å². The third kappa shape index (κ3) is 5.70. The van der Waals surface area contributed by atoms with Gasteiger partial charge in [0, 0.05) is 0 Å². The molecule has 1 nitrogen and oxygen atoms in total. The number of carbonyl (C=O) groups is 1. The van der Waals surface area contributed by atoms with Gasteiger partial charge in [0.15, 0.2) is 6.29 Å². The molecule has 0 heterocycles. The zero-order chi connectivity index (χ0) is 17.7. The molecule has 1 aliphatic rings. The van der Waals surface area contributed by atoms with Crippen molar-refractivity contribution in [1.29, 1.82) is 0 Å². The van der Waals surface area contributed by atoms with E-state index in [9.17, 15) is 18.0 Å². The van der Waals surface area contributed by atoms with Gasteiger partial charge in [-0.3, -0.25) is 4.79 Å². The fourth-order valence-electron chi connectivity index (χ4n) is 2.56. The van der Waals surface area contributed by atoms with Gasteiger partial charge in [0.1, 0.15) is 0 Å². The molecule has 0 bridgehead atoms. The number of alkyl halides is 3. The lowest BCUT2D eigenvalue weighted by atomic mass is 9.73. The first kappa shape index (κ1) is 19.2. The highest BCUT2D eigenvalue weighted by molar-refractivity contribution is 5.75. The van der Waals surface area contributed by atoms with E-state index in [1.54, 1.807) is 6.08 Å². The van der Waals surface area contributed by atoms with Crippen molar-refractivity contribution >= 4 is 6.29 Å². The Morgan fingerprint density at radius 1 is 1.26 bits per heavy atom. The summed E-state index contributed by atoms with van der Waals surface area (Å²) in [5.74, 6) is 0. The highest BCUT2D eigenvalue weighted by Gasteiger charge is 2.32. The Hall–Kier alpha value is -1.84. The van der Waals surface area contributed by atoms with E-state index in [1.165, 1.54) is 17.2 Å². The van der Waals surface area contributed by atoms with Gasteiger partial charge in [0.25, 0.3) is 0 Å². The van der Waals surface area contributed by atoms with Crippen molar-refractivity contribution < 1.29 is 18.0 Å². The van der Waals surface area contributed by atoms with Gasteiger partial charge in [0.2, 0.25) is 0 Å². The summed E-state index contributed by atoms with van der Waals surface area (Å²) in [6, 6.07) is 0. The van der Waals surface area contributed by atoms with Crippen LogP contribution in [0.2, 0.25) is 0 Å². The van der Waals surface area contributed by atoms with Gasteiger partial charge in [-0.15, -0.1) is 0 Å². The molecule has 1 rings (SSSR count). The van der Waals surface area contributed by atoms with Gasteiger partial charge >= 0.3 is 6.18 Å². The highest BCUT2D eigenvalue weighted by atomic mass is 19.4. The van der Waals surface area contributed by atoms with E-state index < -0.39 is 11.7 Å². The SMILES string of the molecule is CC1=CCCC(C)(C)\C1=C/C=C(C)/C=C/C=C(\C=O)C(F)(F)F. The van der Waals surface area contributed by atoms with Gasteiger partial charge in [-0.05, 0) is 43.8 Å². The molecule has 4 heteroatoms. The van der Waals surface area contributed by atoms with E-state index in [-0.39, 0.29) is 11.7 Å². The monoisotopic (exact) mass is 324 g/mol. The van der Waals surface area contributed by atoms with Crippen LogP contribution in [0, 0.1) is 5.41 Å². The number of halogens is 3. The molecule has 0 N–H and O–H groups in total. The van der Waals surface area contributed by atoms with Crippen LogP contribution in [0.3, 0.4) is 0 Å². The van der Waals surface area contributed by atoms with Crippen molar-refractivity contribution in [2.45, 2.75) is 46.7 Å². The molecule has 0 aromatic carbocycles. The molecule has 0 radical (unpaired) electrons. The quantitative estimate of drug-likeness (QED) is 0.359. The number of hydrogen-bond acceptors (Lipinski definition) is 1. The molecule has 23 heavy (non-hydrogen) atoms. The van der Waals surface area contributed by atoms with E-state index in [1.807, 2.05) is 19.1 Å². The number of aldehydes is 1. The Morgan fingerprint density at radius 3 is 2.43 bits per heavy atom. The fourth-order valence-corrected chi connectivity index (χ4v) is 2.56. The van der Waals surface area contributed by atoms with Crippen molar-refractivity contribution in [1.82, 2.24) is 0 Å². The standard InChI is InChI=1S/C19H23F3O/c1-14(7-5-9-16(13-23)19(20,21)22)10-11-17-15(2)8-6-12-18(17,3)4/h5,7-11,13H,6,12H2,1-4H3/b7-5+,14-10+,16-9+,17-11-. The normalized spacial score (nSPS) is 21.7. The Bertz CT molecular complexity index is 597. The van der Waals surface area contributed by atoms with Crippen LogP contribution >= 0.6 is 0 Å². The first-order chi connectivity index (χ1) is 10.6. The molecule has 0 saturated heterocycles. The van der Waals surface area contributed by atoms with Crippen LogP contribution in [-0.2, 0) is 4.79 Å². The lowest BCUT2D eigenvalue weighted by Crippen LogP contribution is -2.18. The molecule has 126 valence electrons. The maximum absolute atomic E-state index is 12.4.